The number of ether oxygens (including phenoxy) is 1. The number of hydrogen-bond acceptors (Lipinski definition) is 7. The van der Waals surface area contributed by atoms with Gasteiger partial charge in [-0.05, 0) is 36.2 Å². The van der Waals surface area contributed by atoms with Crippen LogP contribution < -0.4 is 11.1 Å². The fourth-order valence-electron chi connectivity index (χ4n) is 2.85. The Hall–Kier alpha value is -2.68. The average molecular weight is 447 g/mol. The number of nitrogens with one attached hydrogen (secondary N) is 1. The van der Waals surface area contributed by atoms with Gasteiger partial charge in [0.1, 0.15) is 5.82 Å². The van der Waals surface area contributed by atoms with Gasteiger partial charge in [-0.2, -0.15) is 4.98 Å². The third-order valence-corrected chi connectivity index (χ3v) is 6.00. The number of nitrogen functional groups attached to an aromatic ring is 1. The zero-order chi connectivity index (χ0) is 21.7. The summed E-state index contributed by atoms with van der Waals surface area (Å²) in [6, 6.07) is 14.1. The largest absolute Gasteiger partial charge is 0.375 e. The van der Waals surface area contributed by atoms with E-state index in [0.717, 1.165) is 16.7 Å². The van der Waals surface area contributed by atoms with Gasteiger partial charge in [-0.1, -0.05) is 35.9 Å². The molecule has 158 valence electrons. The van der Waals surface area contributed by atoms with Crippen LogP contribution in [-0.2, 0) is 21.2 Å². The summed E-state index contributed by atoms with van der Waals surface area (Å²) in [6.07, 6.45) is 1.18. The van der Waals surface area contributed by atoms with Crippen molar-refractivity contribution in [3.05, 3.63) is 64.7 Å². The minimum Gasteiger partial charge on any atom is -0.375 e. The Morgan fingerprint density at radius 2 is 1.87 bits per heavy atom. The van der Waals surface area contributed by atoms with Gasteiger partial charge in [0.25, 0.3) is 0 Å². The molecule has 0 aliphatic carbocycles. The van der Waals surface area contributed by atoms with E-state index in [4.69, 9.17) is 22.1 Å². The molecule has 2 aromatic carbocycles. The van der Waals surface area contributed by atoms with E-state index in [1.165, 1.54) is 6.26 Å². The number of hydrogen-bond donors (Lipinski definition) is 2. The van der Waals surface area contributed by atoms with Crippen molar-refractivity contribution in [2.75, 3.05) is 30.5 Å². The van der Waals surface area contributed by atoms with E-state index < -0.39 is 9.84 Å². The predicted molar refractivity (Wildman–Crippen MR) is 119 cm³/mol. The minimum absolute atomic E-state index is 0.168. The van der Waals surface area contributed by atoms with Crippen molar-refractivity contribution < 1.29 is 13.2 Å². The number of halogens is 1. The highest BCUT2D eigenvalue weighted by Gasteiger charge is 2.10. The monoisotopic (exact) mass is 446 g/mol. The molecule has 3 aromatic rings. The summed E-state index contributed by atoms with van der Waals surface area (Å²) < 4.78 is 28.6. The number of sulfone groups is 1. The van der Waals surface area contributed by atoms with Gasteiger partial charge >= 0.3 is 0 Å². The van der Waals surface area contributed by atoms with Crippen LogP contribution in [0.3, 0.4) is 0 Å². The zero-order valence-corrected chi connectivity index (χ0v) is 18.3. The maximum atomic E-state index is 11.5. The first-order chi connectivity index (χ1) is 14.2. The second-order valence-corrected chi connectivity index (χ2v) is 9.23. The van der Waals surface area contributed by atoms with Crippen LogP contribution in [-0.4, -0.2) is 37.8 Å². The van der Waals surface area contributed by atoms with Crippen LogP contribution in [0.25, 0.3) is 11.3 Å². The van der Waals surface area contributed by atoms with E-state index in [1.807, 2.05) is 31.2 Å². The Bertz CT molecular complexity index is 1140. The first-order valence-electron chi connectivity index (χ1n) is 9.24. The SMILES string of the molecule is Cc1c(Cl)cccc1-c1cc(NCCOCc2ccc(S(C)(=O)=O)cc2)nc(N)n1. The van der Waals surface area contributed by atoms with Gasteiger partial charge in [0.05, 0.1) is 23.8 Å². The molecule has 3 N–H and O–H groups in total. The third-order valence-electron chi connectivity index (χ3n) is 4.46. The van der Waals surface area contributed by atoms with Crippen molar-refractivity contribution >= 4 is 33.2 Å². The molecule has 0 atom stereocenters. The maximum absolute atomic E-state index is 11.5. The molecule has 0 fully saturated rings. The van der Waals surface area contributed by atoms with E-state index in [9.17, 15) is 8.42 Å². The molecule has 0 bridgehead atoms. The summed E-state index contributed by atoms with van der Waals surface area (Å²) in [7, 11) is -3.19. The number of benzene rings is 2. The Morgan fingerprint density at radius 1 is 1.13 bits per heavy atom. The van der Waals surface area contributed by atoms with Gasteiger partial charge < -0.3 is 15.8 Å². The highest BCUT2D eigenvalue weighted by molar-refractivity contribution is 7.90. The van der Waals surface area contributed by atoms with Gasteiger partial charge in [0.2, 0.25) is 5.95 Å². The lowest BCUT2D eigenvalue weighted by atomic mass is 10.1. The van der Waals surface area contributed by atoms with Gasteiger partial charge in [-0.15, -0.1) is 0 Å². The number of anilines is 2. The lowest BCUT2D eigenvalue weighted by molar-refractivity contribution is 0.130. The molecule has 0 saturated heterocycles. The minimum atomic E-state index is -3.19. The molecule has 0 unspecified atom stereocenters. The maximum Gasteiger partial charge on any atom is 0.222 e. The van der Waals surface area contributed by atoms with Crippen molar-refractivity contribution in [1.82, 2.24) is 9.97 Å². The summed E-state index contributed by atoms with van der Waals surface area (Å²) in [4.78, 5) is 8.81. The molecule has 0 radical (unpaired) electrons. The molecule has 7 nitrogen and oxygen atoms in total. The Morgan fingerprint density at radius 3 is 2.57 bits per heavy atom. The molecule has 1 heterocycles. The third kappa shape index (κ3) is 5.69. The first kappa shape index (κ1) is 22.0. The fraction of sp³-hybridized carbons (Fsp3) is 0.238. The zero-order valence-electron chi connectivity index (χ0n) is 16.7. The van der Waals surface area contributed by atoms with Gasteiger partial charge in [0.15, 0.2) is 9.84 Å². The second kappa shape index (κ2) is 9.42. The number of aromatic nitrogens is 2. The molecule has 3 rings (SSSR count). The van der Waals surface area contributed by atoms with E-state index in [0.29, 0.717) is 41.2 Å². The summed E-state index contributed by atoms with van der Waals surface area (Å²) in [5.74, 6) is 0.763. The van der Waals surface area contributed by atoms with Crippen LogP contribution >= 0.6 is 11.6 Å². The fourth-order valence-corrected chi connectivity index (χ4v) is 3.66. The molecular weight excluding hydrogens is 424 g/mol. The molecule has 0 aliphatic heterocycles. The summed E-state index contributed by atoms with van der Waals surface area (Å²) >= 11 is 6.21. The normalized spacial score (nSPS) is 11.4. The topological polar surface area (TPSA) is 107 Å². The van der Waals surface area contributed by atoms with Crippen LogP contribution in [0.2, 0.25) is 5.02 Å². The lowest BCUT2D eigenvalue weighted by Gasteiger charge is -2.11. The molecular formula is C21H23ClN4O3S. The van der Waals surface area contributed by atoms with Crippen molar-refractivity contribution in [2.45, 2.75) is 18.4 Å². The predicted octanol–water partition coefficient (Wildman–Crippen LogP) is 3.72. The van der Waals surface area contributed by atoms with Crippen LogP contribution in [0.4, 0.5) is 11.8 Å². The van der Waals surface area contributed by atoms with E-state index >= 15 is 0 Å². The molecule has 0 saturated carbocycles. The van der Waals surface area contributed by atoms with Crippen LogP contribution in [0, 0.1) is 6.92 Å². The number of nitrogens with two attached hydrogens (primary N) is 1. The van der Waals surface area contributed by atoms with E-state index in [-0.39, 0.29) is 5.95 Å². The van der Waals surface area contributed by atoms with Crippen LogP contribution in [0.1, 0.15) is 11.1 Å². The standard InChI is InChI=1S/C21H23ClN4O3S/c1-14-17(4-3-5-18(14)22)19-12-20(26-21(23)25-19)24-10-11-29-13-15-6-8-16(9-7-15)30(2,27)28/h3-9,12H,10-11,13H2,1-2H3,(H3,23,24,25,26). The average Bonchev–Trinajstić information content (AvgIpc) is 2.69. The highest BCUT2D eigenvalue weighted by Crippen LogP contribution is 2.28. The smallest absolute Gasteiger partial charge is 0.222 e. The quantitative estimate of drug-likeness (QED) is 0.507. The van der Waals surface area contributed by atoms with Gasteiger partial charge in [-0.25, -0.2) is 13.4 Å². The molecule has 1 aromatic heterocycles. The van der Waals surface area contributed by atoms with Crippen LogP contribution in [0.15, 0.2) is 53.4 Å². The Labute approximate surface area is 181 Å². The molecule has 0 aliphatic rings. The summed E-state index contributed by atoms with van der Waals surface area (Å²) in [6.45, 7) is 3.26. The lowest BCUT2D eigenvalue weighted by Crippen LogP contribution is -2.11. The van der Waals surface area contributed by atoms with Crippen molar-refractivity contribution in [3.63, 3.8) is 0 Å². The summed E-state index contributed by atoms with van der Waals surface area (Å²) in [5.41, 5.74) is 9.27. The second-order valence-electron chi connectivity index (χ2n) is 6.80. The van der Waals surface area contributed by atoms with Crippen LogP contribution in [0.5, 0.6) is 0 Å². The van der Waals surface area contributed by atoms with Crippen molar-refractivity contribution in [2.24, 2.45) is 0 Å². The molecule has 9 heteroatoms. The molecule has 30 heavy (non-hydrogen) atoms. The first-order valence-corrected chi connectivity index (χ1v) is 11.5. The van der Waals surface area contributed by atoms with Crippen molar-refractivity contribution in [3.8, 4) is 11.3 Å². The Balaban J connectivity index is 1.55. The number of rotatable bonds is 8. The van der Waals surface area contributed by atoms with Gasteiger partial charge in [0, 0.05) is 29.5 Å². The molecule has 0 spiro atoms. The van der Waals surface area contributed by atoms with Gasteiger partial charge in [-0.3, -0.25) is 0 Å². The van der Waals surface area contributed by atoms with E-state index in [1.54, 1.807) is 24.3 Å². The van der Waals surface area contributed by atoms with E-state index in [2.05, 4.69) is 15.3 Å². The Kier molecular flexibility index (Phi) is 6.91. The summed E-state index contributed by atoms with van der Waals surface area (Å²) in [5, 5.41) is 3.84. The van der Waals surface area contributed by atoms with Crippen molar-refractivity contribution in [1.29, 1.82) is 0 Å². The molecule has 0 amide bonds. The highest BCUT2D eigenvalue weighted by atomic mass is 35.5. The number of nitrogens with zero attached hydrogens (tertiary/aromatic N) is 2.